The Morgan fingerprint density at radius 3 is 2.43 bits per heavy atom. The van der Waals surface area contributed by atoms with Crippen LogP contribution in [-0.4, -0.2) is 39.5 Å². The molecule has 0 aliphatic carbocycles. The Bertz CT molecular complexity index is 1460. The molecular weight excluding hydrogens is 582 g/mol. The number of benzene rings is 2. The summed E-state index contributed by atoms with van der Waals surface area (Å²) in [6.45, 7) is 8.25. The van der Waals surface area contributed by atoms with Gasteiger partial charge in [0.1, 0.15) is 18.4 Å². The molecule has 242 valence electrons. The standard InChI is InChI=1S/C29H36ClN5O5.2C2H6/c1-34-23-16-18(10-12-21(23)35(29(34)39)22-13-15-26(37)33-28(22)38)6-3-2-4-7-19-8-5-9-24(27(19)30)40-17-20(31)11-14-25(32)36;2*1-2/h5,8-10,12,16,20,22H,2-4,6-7,11,13-15,17,31H2,1H3,(H2,32,36)(H,33,37,38);2*1-2H3. The van der Waals surface area contributed by atoms with Gasteiger partial charge in [-0.25, -0.2) is 4.79 Å². The van der Waals surface area contributed by atoms with Crippen molar-refractivity contribution in [3.63, 3.8) is 0 Å². The van der Waals surface area contributed by atoms with Crippen molar-refractivity contribution in [2.45, 2.75) is 97.6 Å². The molecule has 3 amide bonds. The van der Waals surface area contributed by atoms with Crippen molar-refractivity contribution in [2.75, 3.05) is 6.61 Å². The van der Waals surface area contributed by atoms with Crippen LogP contribution in [0.4, 0.5) is 0 Å². The van der Waals surface area contributed by atoms with E-state index in [0.29, 0.717) is 29.1 Å². The van der Waals surface area contributed by atoms with Gasteiger partial charge in [0.05, 0.1) is 16.1 Å². The molecule has 5 N–H and O–H groups in total. The number of ether oxygens (including phenoxy) is 1. The van der Waals surface area contributed by atoms with E-state index in [2.05, 4.69) is 5.32 Å². The lowest BCUT2D eigenvalue weighted by Gasteiger charge is -2.21. The molecule has 1 fully saturated rings. The van der Waals surface area contributed by atoms with Gasteiger partial charge in [0.2, 0.25) is 17.7 Å². The second-order valence-electron chi connectivity index (χ2n) is 10.4. The number of amides is 3. The Kier molecular flexibility index (Phi) is 15.2. The van der Waals surface area contributed by atoms with Crippen LogP contribution in [0.3, 0.4) is 0 Å². The highest BCUT2D eigenvalue weighted by Crippen LogP contribution is 2.30. The highest BCUT2D eigenvalue weighted by atomic mass is 35.5. The minimum absolute atomic E-state index is 0.215. The third-order valence-electron chi connectivity index (χ3n) is 7.34. The lowest BCUT2D eigenvalue weighted by Crippen LogP contribution is -2.44. The first kappa shape index (κ1) is 36.6. The third-order valence-corrected chi connectivity index (χ3v) is 7.77. The molecule has 2 unspecified atom stereocenters. The highest BCUT2D eigenvalue weighted by molar-refractivity contribution is 6.32. The summed E-state index contributed by atoms with van der Waals surface area (Å²) >= 11 is 6.57. The van der Waals surface area contributed by atoms with Crippen molar-refractivity contribution >= 4 is 40.4 Å². The zero-order valence-electron chi connectivity index (χ0n) is 26.7. The number of unbranched alkanes of at least 4 members (excludes halogenated alkanes) is 2. The van der Waals surface area contributed by atoms with Crippen LogP contribution in [0, 0.1) is 0 Å². The normalized spacial score (nSPS) is 15.0. The first-order valence-corrected chi connectivity index (χ1v) is 16.0. The predicted molar refractivity (Wildman–Crippen MR) is 176 cm³/mol. The van der Waals surface area contributed by atoms with Gasteiger partial charge in [-0.2, -0.15) is 0 Å². The Labute approximate surface area is 265 Å². The topological polar surface area (TPSA) is 151 Å². The quantitative estimate of drug-likeness (QED) is 0.180. The number of aryl methyl sites for hydroxylation is 3. The van der Waals surface area contributed by atoms with Crippen LogP contribution < -0.4 is 27.2 Å². The van der Waals surface area contributed by atoms with Gasteiger partial charge in [-0.1, -0.05) is 63.9 Å². The van der Waals surface area contributed by atoms with Gasteiger partial charge in [0, 0.05) is 25.9 Å². The summed E-state index contributed by atoms with van der Waals surface area (Å²) in [7, 11) is 1.70. The van der Waals surface area contributed by atoms with Gasteiger partial charge in [0.15, 0.2) is 0 Å². The molecule has 0 bridgehead atoms. The average molecular weight is 630 g/mol. The van der Waals surface area contributed by atoms with E-state index in [0.717, 1.165) is 48.7 Å². The number of primary amides is 1. The highest BCUT2D eigenvalue weighted by Gasteiger charge is 2.31. The maximum absolute atomic E-state index is 13.0. The van der Waals surface area contributed by atoms with E-state index in [1.54, 1.807) is 11.6 Å². The zero-order valence-corrected chi connectivity index (χ0v) is 27.4. The van der Waals surface area contributed by atoms with Crippen molar-refractivity contribution in [3.8, 4) is 5.75 Å². The summed E-state index contributed by atoms with van der Waals surface area (Å²) in [6, 6.07) is 10.6. The molecule has 1 aromatic heterocycles. The molecule has 1 saturated heterocycles. The molecular formula is C33H48ClN5O5. The Morgan fingerprint density at radius 1 is 1.05 bits per heavy atom. The fourth-order valence-electron chi connectivity index (χ4n) is 5.08. The van der Waals surface area contributed by atoms with E-state index in [4.69, 9.17) is 27.8 Å². The van der Waals surface area contributed by atoms with Gasteiger partial charge in [-0.05, 0) is 67.9 Å². The molecule has 0 saturated carbocycles. The van der Waals surface area contributed by atoms with Crippen LogP contribution in [-0.2, 0) is 34.3 Å². The van der Waals surface area contributed by atoms with Crippen LogP contribution >= 0.6 is 11.6 Å². The van der Waals surface area contributed by atoms with Crippen LogP contribution in [0.15, 0.2) is 41.2 Å². The summed E-state index contributed by atoms with van der Waals surface area (Å²) in [5.41, 5.74) is 14.5. The predicted octanol–water partition coefficient (Wildman–Crippen LogP) is 4.95. The molecule has 0 radical (unpaired) electrons. The van der Waals surface area contributed by atoms with Crippen LogP contribution in [0.25, 0.3) is 11.0 Å². The zero-order chi connectivity index (χ0) is 32.8. The van der Waals surface area contributed by atoms with E-state index < -0.39 is 11.9 Å². The molecule has 2 atom stereocenters. The van der Waals surface area contributed by atoms with Gasteiger partial charge in [-0.3, -0.25) is 28.8 Å². The number of nitrogens with two attached hydrogens (primary N) is 2. The largest absolute Gasteiger partial charge is 0.490 e. The molecule has 1 aliphatic heterocycles. The fourth-order valence-corrected chi connectivity index (χ4v) is 5.36. The summed E-state index contributed by atoms with van der Waals surface area (Å²) in [5, 5.41) is 2.92. The van der Waals surface area contributed by atoms with E-state index >= 15 is 0 Å². The van der Waals surface area contributed by atoms with E-state index in [-0.39, 0.29) is 43.0 Å². The number of hydrogen-bond donors (Lipinski definition) is 3. The minimum Gasteiger partial charge on any atom is -0.490 e. The smallest absolute Gasteiger partial charge is 0.329 e. The second-order valence-corrected chi connectivity index (χ2v) is 10.7. The fraction of sp³-hybridized carbons (Fsp3) is 0.515. The number of halogens is 1. The number of piperidine rings is 1. The average Bonchev–Trinajstić information content (AvgIpc) is 3.26. The van der Waals surface area contributed by atoms with Gasteiger partial charge in [0.25, 0.3) is 0 Å². The maximum Gasteiger partial charge on any atom is 0.329 e. The molecule has 2 aromatic carbocycles. The Hall–Kier alpha value is -3.63. The lowest BCUT2D eigenvalue weighted by molar-refractivity contribution is -0.135. The Balaban J connectivity index is 0.00000162. The SMILES string of the molecule is CC.CC.Cn1c(=O)n(C2CCC(=O)NC2=O)c2ccc(CCCCCc3cccc(OCC(N)CCC(N)=O)c3Cl)cc21. The Morgan fingerprint density at radius 2 is 1.75 bits per heavy atom. The number of carbonyl (C=O) groups excluding carboxylic acids is 3. The lowest BCUT2D eigenvalue weighted by atomic mass is 10.0. The van der Waals surface area contributed by atoms with E-state index in [9.17, 15) is 19.2 Å². The van der Waals surface area contributed by atoms with Crippen molar-refractivity contribution in [2.24, 2.45) is 18.5 Å². The summed E-state index contributed by atoms with van der Waals surface area (Å²) in [5.74, 6) is -0.545. The monoisotopic (exact) mass is 629 g/mol. The number of nitrogens with zero attached hydrogens (tertiary/aromatic N) is 2. The number of carbonyl (C=O) groups is 3. The first-order chi connectivity index (χ1) is 21.2. The van der Waals surface area contributed by atoms with Crippen molar-refractivity contribution in [1.29, 1.82) is 0 Å². The molecule has 10 nitrogen and oxygen atoms in total. The van der Waals surface area contributed by atoms with Crippen LogP contribution in [0.1, 0.15) is 89.8 Å². The van der Waals surface area contributed by atoms with Crippen molar-refractivity contribution in [1.82, 2.24) is 14.5 Å². The third kappa shape index (κ3) is 9.69. The van der Waals surface area contributed by atoms with Crippen molar-refractivity contribution < 1.29 is 19.1 Å². The first-order valence-electron chi connectivity index (χ1n) is 15.6. The second kappa shape index (κ2) is 18.2. The number of rotatable bonds is 13. The summed E-state index contributed by atoms with van der Waals surface area (Å²) in [6.07, 6.45) is 5.79. The summed E-state index contributed by atoms with van der Waals surface area (Å²) in [4.78, 5) is 47.8. The number of imidazole rings is 1. The van der Waals surface area contributed by atoms with E-state index in [1.165, 1.54) is 4.57 Å². The number of nitrogens with one attached hydrogen (secondary N) is 1. The number of aromatic nitrogens is 2. The minimum atomic E-state index is -0.686. The summed E-state index contributed by atoms with van der Waals surface area (Å²) < 4.78 is 8.85. The molecule has 4 rings (SSSR count). The molecule has 2 heterocycles. The number of imide groups is 1. The molecule has 3 aromatic rings. The van der Waals surface area contributed by atoms with Gasteiger partial charge < -0.3 is 16.2 Å². The van der Waals surface area contributed by atoms with E-state index in [1.807, 2.05) is 64.1 Å². The van der Waals surface area contributed by atoms with Crippen LogP contribution in [0.5, 0.6) is 5.75 Å². The number of fused-ring (bicyclic) bond motifs is 1. The molecule has 1 aliphatic rings. The van der Waals surface area contributed by atoms with Crippen LogP contribution in [0.2, 0.25) is 5.02 Å². The maximum atomic E-state index is 13.0. The molecule has 44 heavy (non-hydrogen) atoms. The van der Waals surface area contributed by atoms with Gasteiger partial charge >= 0.3 is 5.69 Å². The molecule has 0 spiro atoms. The number of hydrogen-bond acceptors (Lipinski definition) is 6. The molecule has 11 heteroatoms. The van der Waals surface area contributed by atoms with Gasteiger partial charge in [-0.15, -0.1) is 0 Å². The van der Waals surface area contributed by atoms with Crippen molar-refractivity contribution in [3.05, 3.63) is 63.0 Å².